The fourth-order valence-corrected chi connectivity index (χ4v) is 1.82. The van der Waals surface area contributed by atoms with Gasteiger partial charge in [0.25, 0.3) is 0 Å². The maximum atomic E-state index is 11.8. The van der Waals surface area contributed by atoms with Gasteiger partial charge in [0.05, 0.1) is 13.2 Å². The van der Waals surface area contributed by atoms with Crippen molar-refractivity contribution in [2.45, 2.75) is 0 Å². The van der Waals surface area contributed by atoms with Crippen LogP contribution in [0.5, 0.6) is 0 Å². The molecule has 9 nitrogen and oxygen atoms in total. The van der Waals surface area contributed by atoms with E-state index in [9.17, 15) is 14.4 Å². The van der Waals surface area contributed by atoms with Crippen molar-refractivity contribution in [3.63, 3.8) is 0 Å². The molecule has 0 atom stereocenters. The van der Waals surface area contributed by atoms with Gasteiger partial charge < -0.3 is 25.7 Å². The molecule has 1 heterocycles. The Hall–Kier alpha value is -1.87. The maximum absolute atomic E-state index is 11.8. The summed E-state index contributed by atoms with van der Waals surface area (Å²) in [5.74, 6) is -1.68. The first-order chi connectivity index (χ1) is 9.52. The SMILES string of the molecule is O=C(O)CNC(=O)CNC(=O)N1CCN(CCO)CC1. The molecule has 0 radical (unpaired) electrons. The van der Waals surface area contributed by atoms with Gasteiger partial charge in [0.2, 0.25) is 5.91 Å². The molecule has 0 aromatic rings. The number of β-amino-alcohol motifs (C(OH)–C–C–N with tert-alkyl or cyclic N) is 1. The summed E-state index contributed by atoms with van der Waals surface area (Å²) in [4.78, 5) is 36.9. The molecule has 0 saturated carbocycles. The van der Waals surface area contributed by atoms with E-state index in [1.165, 1.54) is 0 Å². The van der Waals surface area contributed by atoms with Crippen molar-refractivity contribution >= 4 is 17.9 Å². The Morgan fingerprint density at radius 2 is 1.65 bits per heavy atom. The molecule has 20 heavy (non-hydrogen) atoms. The smallest absolute Gasteiger partial charge is 0.322 e. The van der Waals surface area contributed by atoms with Gasteiger partial charge in [-0.05, 0) is 0 Å². The summed E-state index contributed by atoms with van der Waals surface area (Å²) in [5, 5.41) is 21.8. The van der Waals surface area contributed by atoms with E-state index in [0.717, 1.165) is 0 Å². The minimum atomic E-state index is -1.13. The third-order valence-electron chi connectivity index (χ3n) is 2.91. The number of rotatable bonds is 6. The van der Waals surface area contributed by atoms with Crippen molar-refractivity contribution in [2.24, 2.45) is 0 Å². The molecule has 1 fully saturated rings. The van der Waals surface area contributed by atoms with Crippen LogP contribution in [0.25, 0.3) is 0 Å². The summed E-state index contributed by atoms with van der Waals surface area (Å²) >= 11 is 0. The number of aliphatic hydroxyl groups is 1. The molecule has 9 heteroatoms. The fraction of sp³-hybridized carbons (Fsp3) is 0.727. The highest BCUT2D eigenvalue weighted by molar-refractivity contribution is 5.86. The lowest BCUT2D eigenvalue weighted by Crippen LogP contribution is -2.53. The zero-order valence-electron chi connectivity index (χ0n) is 11.2. The Balaban J connectivity index is 2.20. The summed E-state index contributed by atoms with van der Waals surface area (Å²) in [6.07, 6.45) is 0. The fourth-order valence-electron chi connectivity index (χ4n) is 1.82. The molecular formula is C11H20N4O5. The van der Waals surface area contributed by atoms with Gasteiger partial charge in [0, 0.05) is 32.7 Å². The molecule has 0 unspecified atom stereocenters. The predicted molar refractivity (Wildman–Crippen MR) is 69.1 cm³/mol. The van der Waals surface area contributed by atoms with Gasteiger partial charge in [-0.1, -0.05) is 0 Å². The van der Waals surface area contributed by atoms with Crippen molar-refractivity contribution in [1.82, 2.24) is 20.4 Å². The van der Waals surface area contributed by atoms with Crippen LogP contribution in [0.1, 0.15) is 0 Å². The number of hydrogen-bond acceptors (Lipinski definition) is 5. The molecule has 1 aliphatic heterocycles. The molecule has 1 rings (SSSR count). The van der Waals surface area contributed by atoms with Gasteiger partial charge in [0.1, 0.15) is 6.54 Å². The highest BCUT2D eigenvalue weighted by Gasteiger charge is 2.20. The Labute approximate surface area is 116 Å². The van der Waals surface area contributed by atoms with E-state index >= 15 is 0 Å². The van der Waals surface area contributed by atoms with Gasteiger partial charge in [0.15, 0.2) is 0 Å². The Bertz CT molecular complexity index is 355. The quantitative estimate of drug-likeness (QED) is 0.429. The van der Waals surface area contributed by atoms with Crippen LogP contribution in [0.4, 0.5) is 4.79 Å². The average molecular weight is 288 g/mol. The van der Waals surface area contributed by atoms with E-state index < -0.39 is 18.4 Å². The number of carboxylic acid groups (broad SMARTS) is 1. The minimum absolute atomic E-state index is 0.0932. The number of urea groups is 1. The molecule has 114 valence electrons. The van der Waals surface area contributed by atoms with Gasteiger partial charge in [-0.2, -0.15) is 0 Å². The summed E-state index contributed by atoms with van der Waals surface area (Å²) in [6, 6.07) is -0.348. The molecule has 1 aliphatic rings. The van der Waals surface area contributed by atoms with Crippen molar-refractivity contribution < 1.29 is 24.6 Å². The number of carboxylic acids is 1. The summed E-state index contributed by atoms with van der Waals surface area (Å²) < 4.78 is 0. The number of nitrogens with one attached hydrogen (secondary N) is 2. The van der Waals surface area contributed by atoms with E-state index in [1.54, 1.807) is 4.90 Å². The molecule has 0 aliphatic carbocycles. The van der Waals surface area contributed by atoms with E-state index in [2.05, 4.69) is 10.6 Å². The van der Waals surface area contributed by atoms with Crippen molar-refractivity contribution in [3.8, 4) is 0 Å². The number of amides is 3. The minimum Gasteiger partial charge on any atom is -0.480 e. The van der Waals surface area contributed by atoms with Crippen LogP contribution in [0.15, 0.2) is 0 Å². The van der Waals surface area contributed by atoms with Crippen molar-refractivity contribution in [3.05, 3.63) is 0 Å². The van der Waals surface area contributed by atoms with Crippen LogP contribution in [0, 0.1) is 0 Å². The van der Waals surface area contributed by atoms with E-state index in [-0.39, 0.29) is 19.2 Å². The second kappa shape index (κ2) is 8.33. The molecule has 3 amide bonds. The largest absolute Gasteiger partial charge is 0.480 e. The summed E-state index contributed by atoms with van der Waals surface area (Å²) in [6.45, 7) is 2.39. The highest BCUT2D eigenvalue weighted by Crippen LogP contribution is 2.01. The second-order valence-electron chi connectivity index (χ2n) is 4.38. The van der Waals surface area contributed by atoms with Crippen LogP contribution >= 0.6 is 0 Å². The molecule has 0 aromatic carbocycles. The molecule has 0 aromatic heterocycles. The molecular weight excluding hydrogens is 268 g/mol. The zero-order valence-corrected chi connectivity index (χ0v) is 11.2. The van der Waals surface area contributed by atoms with E-state index in [0.29, 0.717) is 32.7 Å². The van der Waals surface area contributed by atoms with Crippen LogP contribution in [0.2, 0.25) is 0 Å². The van der Waals surface area contributed by atoms with E-state index in [4.69, 9.17) is 10.2 Å². The summed E-state index contributed by atoms with van der Waals surface area (Å²) in [5.41, 5.74) is 0. The average Bonchev–Trinajstić information content (AvgIpc) is 2.43. The van der Waals surface area contributed by atoms with Crippen molar-refractivity contribution in [2.75, 3.05) is 52.4 Å². The van der Waals surface area contributed by atoms with Gasteiger partial charge in [-0.15, -0.1) is 0 Å². The highest BCUT2D eigenvalue weighted by atomic mass is 16.4. The number of nitrogens with zero attached hydrogens (tertiary/aromatic N) is 2. The third-order valence-corrected chi connectivity index (χ3v) is 2.91. The predicted octanol–water partition coefficient (Wildman–Crippen LogP) is -2.49. The molecule has 1 saturated heterocycles. The van der Waals surface area contributed by atoms with Gasteiger partial charge in [-0.3, -0.25) is 14.5 Å². The standard InChI is InChI=1S/C11H20N4O5/c16-6-5-14-1-3-15(4-2-14)11(20)13-7-9(17)12-8-10(18)19/h16H,1-8H2,(H,12,17)(H,13,20)(H,18,19). The first kappa shape index (κ1) is 16.2. The first-order valence-corrected chi connectivity index (χ1v) is 6.37. The zero-order chi connectivity index (χ0) is 15.0. The topological polar surface area (TPSA) is 122 Å². The number of aliphatic carboxylic acids is 1. The lowest BCUT2D eigenvalue weighted by atomic mass is 10.3. The van der Waals surface area contributed by atoms with Gasteiger partial charge >= 0.3 is 12.0 Å². The Morgan fingerprint density at radius 3 is 2.20 bits per heavy atom. The molecule has 0 spiro atoms. The molecule has 4 N–H and O–H groups in total. The Kier molecular flexibility index (Phi) is 6.74. The number of aliphatic hydroxyl groups excluding tert-OH is 1. The number of hydrogen-bond donors (Lipinski definition) is 4. The Morgan fingerprint density at radius 1 is 1.00 bits per heavy atom. The van der Waals surface area contributed by atoms with E-state index in [1.807, 2.05) is 4.90 Å². The number of carbonyl (C=O) groups is 3. The maximum Gasteiger partial charge on any atom is 0.322 e. The third kappa shape index (κ3) is 5.85. The molecule has 0 bridgehead atoms. The normalized spacial score (nSPS) is 15.8. The summed E-state index contributed by atoms with van der Waals surface area (Å²) in [7, 11) is 0. The van der Waals surface area contributed by atoms with Gasteiger partial charge in [-0.25, -0.2) is 4.79 Å². The van der Waals surface area contributed by atoms with Crippen LogP contribution in [0.3, 0.4) is 0 Å². The van der Waals surface area contributed by atoms with Crippen LogP contribution < -0.4 is 10.6 Å². The number of carbonyl (C=O) groups excluding carboxylic acids is 2. The second-order valence-corrected chi connectivity index (χ2v) is 4.38. The van der Waals surface area contributed by atoms with Crippen LogP contribution in [-0.2, 0) is 9.59 Å². The van der Waals surface area contributed by atoms with Crippen LogP contribution in [-0.4, -0.2) is 90.3 Å². The van der Waals surface area contributed by atoms with Crippen molar-refractivity contribution in [1.29, 1.82) is 0 Å². The lowest BCUT2D eigenvalue weighted by molar-refractivity contribution is -0.137. The number of piperazine rings is 1. The monoisotopic (exact) mass is 288 g/mol. The lowest BCUT2D eigenvalue weighted by Gasteiger charge is -2.34. The first-order valence-electron chi connectivity index (χ1n) is 6.37.